The second-order valence-corrected chi connectivity index (χ2v) is 5.96. The van der Waals surface area contributed by atoms with Crippen molar-refractivity contribution in [1.29, 1.82) is 0 Å². The molecule has 1 aliphatic carbocycles. The van der Waals surface area contributed by atoms with Gasteiger partial charge in [0, 0.05) is 19.4 Å². The Morgan fingerprint density at radius 2 is 1.83 bits per heavy atom. The number of thiocarbonyl (C=S) groups is 1. The summed E-state index contributed by atoms with van der Waals surface area (Å²) < 4.78 is 0. The number of amides is 2. The molecule has 1 saturated heterocycles. The fourth-order valence-corrected chi connectivity index (χ4v) is 3.20. The molecule has 0 unspecified atom stereocenters. The molecule has 1 saturated carbocycles. The first-order valence-electron chi connectivity index (χ1n) is 6.68. The number of nitrogens with two attached hydrogens (primary N) is 1. The first-order chi connectivity index (χ1) is 8.55. The molecule has 0 aromatic heterocycles. The van der Waals surface area contributed by atoms with Gasteiger partial charge in [-0.15, -0.1) is 0 Å². The van der Waals surface area contributed by atoms with Crippen molar-refractivity contribution in [1.82, 2.24) is 4.90 Å². The Morgan fingerprint density at radius 1 is 1.22 bits per heavy atom. The van der Waals surface area contributed by atoms with Gasteiger partial charge in [-0.1, -0.05) is 37.9 Å². The van der Waals surface area contributed by atoms with Crippen LogP contribution in [0.15, 0.2) is 0 Å². The minimum atomic E-state index is -0.399. The number of hydrogen-bond donors (Lipinski definition) is 1. The summed E-state index contributed by atoms with van der Waals surface area (Å²) in [4.78, 5) is 26.2. The third-order valence-electron chi connectivity index (χ3n) is 4.13. The smallest absolute Gasteiger partial charge is 0.235 e. The minimum Gasteiger partial charge on any atom is -0.393 e. The lowest BCUT2D eigenvalue weighted by atomic mass is 9.79. The van der Waals surface area contributed by atoms with Crippen LogP contribution >= 0.6 is 12.2 Å². The molecule has 2 rings (SSSR count). The molecule has 2 fully saturated rings. The van der Waals surface area contributed by atoms with Crippen molar-refractivity contribution < 1.29 is 9.59 Å². The van der Waals surface area contributed by atoms with Crippen LogP contribution in [0, 0.1) is 5.41 Å². The Bertz CT molecular complexity index is 373. The zero-order chi connectivity index (χ0) is 13.2. The van der Waals surface area contributed by atoms with Crippen LogP contribution in [-0.4, -0.2) is 28.2 Å². The number of carbonyl (C=O) groups is 2. The van der Waals surface area contributed by atoms with Gasteiger partial charge >= 0.3 is 0 Å². The fraction of sp³-hybridized carbons (Fsp3) is 0.769. The Balaban J connectivity index is 2.09. The summed E-state index contributed by atoms with van der Waals surface area (Å²) in [7, 11) is 0. The number of nitrogens with zero attached hydrogens (tertiary/aromatic N) is 1. The number of hydrogen-bond acceptors (Lipinski definition) is 3. The van der Waals surface area contributed by atoms with Crippen LogP contribution in [0.4, 0.5) is 0 Å². The van der Waals surface area contributed by atoms with Gasteiger partial charge in [-0.2, -0.15) is 0 Å². The Morgan fingerprint density at radius 3 is 2.39 bits per heavy atom. The van der Waals surface area contributed by atoms with Crippen molar-refractivity contribution in [3.8, 4) is 0 Å². The van der Waals surface area contributed by atoms with E-state index in [9.17, 15) is 9.59 Å². The average Bonchev–Trinajstić information content (AvgIpc) is 2.49. The Labute approximate surface area is 113 Å². The van der Waals surface area contributed by atoms with Crippen molar-refractivity contribution in [2.24, 2.45) is 11.1 Å². The second kappa shape index (κ2) is 5.34. The molecular weight excluding hydrogens is 248 g/mol. The van der Waals surface area contributed by atoms with E-state index >= 15 is 0 Å². The van der Waals surface area contributed by atoms with Crippen LogP contribution in [0.1, 0.15) is 51.4 Å². The van der Waals surface area contributed by atoms with E-state index in [1.54, 1.807) is 0 Å². The van der Waals surface area contributed by atoms with Gasteiger partial charge in [-0.05, 0) is 12.8 Å². The molecule has 0 atom stereocenters. The Hall–Kier alpha value is -0.970. The monoisotopic (exact) mass is 268 g/mol. The Kier molecular flexibility index (Phi) is 4.00. The molecule has 1 aliphatic heterocycles. The van der Waals surface area contributed by atoms with Gasteiger partial charge in [0.05, 0.1) is 10.4 Å². The van der Waals surface area contributed by atoms with Gasteiger partial charge in [0.1, 0.15) is 0 Å². The van der Waals surface area contributed by atoms with Crippen molar-refractivity contribution in [2.75, 3.05) is 6.54 Å². The van der Waals surface area contributed by atoms with E-state index in [-0.39, 0.29) is 11.8 Å². The summed E-state index contributed by atoms with van der Waals surface area (Å²) in [5.41, 5.74) is 5.04. The predicted octanol–water partition coefficient (Wildman–Crippen LogP) is 1.76. The molecule has 5 heteroatoms. The van der Waals surface area contributed by atoms with E-state index in [1.807, 2.05) is 0 Å². The largest absolute Gasteiger partial charge is 0.393 e. The zero-order valence-corrected chi connectivity index (χ0v) is 11.4. The van der Waals surface area contributed by atoms with Crippen molar-refractivity contribution in [2.45, 2.75) is 51.4 Å². The van der Waals surface area contributed by atoms with Crippen LogP contribution in [0.3, 0.4) is 0 Å². The highest BCUT2D eigenvalue weighted by molar-refractivity contribution is 7.80. The van der Waals surface area contributed by atoms with Gasteiger partial charge in [-0.25, -0.2) is 0 Å². The summed E-state index contributed by atoms with van der Waals surface area (Å²) in [6.45, 7) is 0.356. The van der Waals surface area contributed by atoms with Crippen molar-refractivity contribution >= 4 is 29.0 Å². The third-order valence-corrected chi connectivity index (χ3v) is 4.34. The topological polar surface area (TPSA) is 63.4 Å². The summed E-state index contributed by atoms with van der Waals surface area (Å²) in [6, 6.07) is 0. The summed E-state index contributed by atoms with van der Waals surface area (Å²) in [5.74, 6) is -0.0243. The molecule has 4 nitrogen and oxygen atoms in total. The van der Waals surface area contributed by atoms with Gasteiger partial charge in [0.2, 0.25) is 11.8 Å². The van der Waals surface area contributed by atoms with E-state index in [0.29, 0.717) is 24.4 Å². The van der Waals surface area contributed by atoms with Crippen LogP contribution in [0.25, 0.3) is 0 Å². The molecule has 0 aromatic carbocycles. The van der Waals surface area contributed by atoms with Crippen molar-refractivity contribution in [3.05, 3.63) is 0 Å². The molecule has 0 aromatic rings. The SMILES string of the molecule is NC(=S)CCN1C(=O)CC2(CCCCCC2)C1=O. The molecule has 1 spiro atoms. The third kappa shape index (κ3) is 2.55. The lowest BCUT2D eigenvalue weighted by molar-refractivity contribution is -0.141. The molecule has 2 aliphatic rings. The fourth-order valence-electron chi connectivity index (χ4n) is 3.10. The molecule has 1 heterocycles. The quantitative estimate of drug-likeness (QED) is 0.626. The maximum absolute atomic E-state index is 12.5. The standard InChI is InChI=1S/C13H20N2O2S/c14-10(18)5-8-15-11(16)9-13(12(15)17)6-3-1-2-4-7-13/h1-9H2,(H2,14,18). The first kappa shape index (κ1) is 13.5. The van der Waals surface area contributed by atoms with Gasteiger partial charge in [-0.3, -0.25) is 14.5 Å². The highest BCUT2D eigenvalue weighted by Crippen LogP contribution is 2.44. The van der Waals surface area contributed by atoms with E-state index in [2.05, 4.69) is 0 Å². The molecular formula is C13H20N2O2S. The summed E-state index contributed by atoms with van der Waals surface area (Å²) in [5, 5.41) is 0. The van der Waals surface area contributed by atoms with E-state index in [1.165, 1.54) is 17.7 Å². The molecule has 2 N–H and O–H groups in total. The molecule has 100 valence electrons. The predicted molar refractivity (Wildman–Crippen MR) is 72.9 cm³/mol. The maximum atomic E-state index is 12.5. The highest BCUT2D eigenvalue weighted by Gasteiger charge is 2.50. The number of rotatable bonds is 3. The summed E-state index contributed by atoms with van der Waals surface area (Å²) >= 11 is 4.81. The molecule has 2 amide bonds. The zero-order valence-electron chi connectivity index (χ0n) is 10.6. The number of likely N-dealkylation sites (tertiary alicyclic amines) is 1. The van der Waals surface area contributed by atoms with Crippen LogP contribution in [0.5, 0.6) is 0 Å². The number of carbonyl (C=O) groups excluding carboxylic acids is 2. The first-order valence-corrected chi connectivity index (χ1v) is 7.09. The molecule has 18 heavy (non-hydrogen) atoms. The van der Waals surface area contributed by atoms with Gasteiger partial charge in [0.15, 0.2) is 0 Å². The van der Waals surface area contributed by atoms with Gasteiger partial charge in [0.25, 0.3) is 0 Å². The van der Waals surface area contributed by atoms with Crippen LogP contribution in [-0.2, 0) is 9.59 Å². The number of imide groups is 1. The van der Waals surface area contributed by atoms with Gasteiger partial charge < -0.3 is 5.73 Å². The average molecular weight is 268 g/mol. The van der Waals surface area contributed by atoms with E-state index in [4.69, 9.17) is 18.0 Å². The second-order valence-electron chi connectivity index (χ2n) is 5.44. The maximum Gasteiger partial charge on any atom is 0.235 e. The molecule has 0 radical (unpaired) electrons. The van der Waals surface area contributed by atoms with Crippen LogP contribution < -0.4 is 5.73 Å². The molecule has 0 bridgehead atoms. The highest BCUT2D eigenvalue weighted by atomic mass is 32.1. The normalized spacial score (nSPS) is 23.4. The lowest BCUT2D eigenvalue weighted by Gasteiger charge is -2.24. The van der Waals surface area contributed by atoms with Crippen molar-refractivity contribution in [3.63, 3.8) is 0 Å². The minimum absolute atomic E-state index is 0.0191. The van der Waals surface area contributed by atoms with Crippen LogP contribution in [0.2, 0.25) is 0 Å². The summed E-state index contributed by atoms with van der Waals surface area (Å²) in [6.07, 6.45) is 7.02. The van der Waals surface area contributed by atoms with E-state index in [0.717, 1.165) is 25.7 Å². The van der Waals surface area contributed by atoms with E-state index < -0.39 is 5.41 Å². The lowest BCUT2D eigenvalue weighted by Crippen LogP contribution is -2.37.